The number of morpholine rings is 1. The highest BCUT2D eigenvalue weighted by molar-refractivity contribution is 9.10. The number of aromatic nitrogens is 5. The third-order valence-electron chi connectivity index (χ3n) is 6.83. The van der Waals surface area contributed by atoms with Gasteiger partial charge in [0, 0.05) is 85.1 Å². The van der Waals surface area contributed by atoms with Crippen molar-refractivity contribution in [1.29, 1.82) is 0 Å². The Hall–Kier alpha value is -3.89. The summed E-state index contributed by atoms with van der Waals surface area (Å²) in [5.74, 6) is 1.18. The molecule has 0 saturated carbocycles. The van der Waals surface area contributed by atoms with Gasteiger partial charge in [-0.05, 0) is 28.1 Å². The maximum Gasteiger partial charge on any atom is 0.227 e. The summed E-state index contributed by atoms with van der Waals surface area (Å²) in [6.45, 7) is 3.01. The molecule has 0 bridgehead atoms. The fourth-order valence-electron chi connectivity index (χ4n) is 4.96. The smallest absolute Gasteiger partial charge is 0.227 e. The van der Waals surface area contributed by atoms with Crippen LogP contribution in [0.2, 0.25) is 0 Å². The molecule has 0 atom stereocenters. The van der Waals surface area contributed by atoms with Gasteiger partial charge in [-0.15, -0.1) is 0 Å². The zero-order chi connectivity index (χ0) is 26.2. The molecule has 2 aromatic carbocycles. The predicted octanol–water partition coefficient (Wildman–Crippen LogP) is 5.39. The van der Waals surface area contributed by atoms with Crippen molar-refractivity contribution >= 4 is 44.2 Å². The number of aryl methyl sites for hydroxylation is 2. The Bertz CT molecular complexity index is 1620. The van der Waals surface area contributed by atoms with Crippen molar-refractivity contribution in [3.05, 3.63) is 65.7 Å². The Labute approximate surface area is 229 Å². The SMILES string of the molecule is COc1cc(N2CCOCC2)c(-c2cnn(C)c2)cc1Nc1ncc(Br)c(-c2cn(C)c3ccccc23)n1. The van der Waals surface area contributed by atoms with E-state index >= 15 is 0 Å². The summed E-state index contributed by atoms with van der Waals surface area (Å²) in [7, 11) is 5.64. The highest BCUT2D eigenvalue weighted by Crippen LogP contribution is 2.41. The quantitative estimate of drug-likeness (QED) is 0.291. The maximum atomic E-state index is 5.84. The van der Waals surface area contributed by atoms with Gasteiger partial charge in [0.2, 0.25) is 5.95 Å². The standard InChI is InChI=1S/C28H28BrN7O2/c1-34-17-21(19-6-4-5-7-24(19)34)27-22(29)15-30-28(33-27)32-23-12-20(18-14-31-35(2)16-18)25(13-26(23)37-3)36-8-10-38-11-9-36/h4-7,12-17H,8-11H2,1-3H3,(H,30,32,33). The minimum atomic E-state index is 0.477. The molecule has 5 aromatic rings. The zero-order valence-corrected chi connectivity index (χ0v) is 23.1. The number of halogens is 1. The number of methoxy groups -OCH3 is 1. The molecule has 1 N–H and O–H groups in total. The van der Waals surface area contributed by atoms with Crippen molar-refractivity contribution in [2.45, 2.75) is 0 Å². The molecule has 1 aliphatic heterocycles. The number of fused-ring (bicyclic) bond motifs is 1. The molecular weight excluding hydrogens is 546 g/mol. The van der Waals surface area contributed by atoms with E-state index in [0.717, 1.165) is 62.2 Å². The molecule has 194 valence electrons. The minimum absolute atomic E-state index is 0.477. The minimum Gasteiger partial charge on any atom is -0.494 e. The zero-order valence-electron chi connectivity index (χ0n) is 21.5. The third-order valence-corrected chi connectivity index (χ3v) is 7.41. The van der Waals surface area contributed by atoms with Gasteiger partial charge in [0.1, 0.15) is 5.75 Å². The van der Waals surface area contributed by atoms with Crippen LogP contribution in [0.5, 0.6) is 5.75 Å². The first kappa shape index (κ1) is 24.4. The number of hydrogen-bond acceptors (Lipinski definition) is 7. The molecule has 0 spiro atoms. The van der Waals surface area contributed by atoms with Gasteiger partial charge in [-0.25, -0.2) is 9.97 Å². The van der Waals surface area contributed by atoms with E-state index in [-0.39, 0.29) is 0 Å². The van der Waals surface area contributed by atoms with Crippen LogP contribution in [0.25, 0.3) is 33.3 Å². The summed E-state index contributed by atoms with van der Waals surface area (Å²) < 4.78 is 16.2. The summed E-state index contributed by atoms with van der Waals surface area (Å²) in [5.41, 5.74) is 6.92. The molecule has 6 rings (SSSR count). The molecule has 1 aliphatic rings. The largest absolute Gasteiger partial charge is 0.494 e. The van der Waals surface area contributed by atoms with Gasteiger partial charge in [-0.2, -0.15) is 5.10 Å². The van der Waals surface area contributed by atoms with E-state index in [4.69, 9.17) is 14.5 Å². The van der Waals surface area contributed by atoms with Gasteiger partial charge in [0.25, 0.3) is 0 Å². The van der Waals surface area contributed by atoms with Crippen LogP contribution in [0, 0.1) is 0 Å². The van der Waals surface area contributed by atoms with E-state index < -0.39 is 0 Å². The Kier molecular flexibility index (Phi) is 6.50. The molecule has 0 amide bonds. The van der Waals surface area contributed by atoms with E-state index in [9.17, 15) is 0 Å². The Balaban J connectivity index is 1.43. The van der Waals surface area contributed by atoms with E-state index in [1.54, 1.807) is 13.3 Å². The summed E-state index contributed by atoms with van der Waals surface area (Å²) in [6, 6.07) is 12.5. The molecular formula is C28H28BrN7O2. The number of nitrogens with one attached hydrogen (secondary N) is 1. The normalized spacial score (nSPS) is 13.7. The number of nitrogens with zero attached hydrogens (tertiary/aromatic N) is 6. The van der Waals surface area contributed by atoms with Crippen LogP contribution in [0.1, 0.15) is 0 Å². The first-order chi connectivity index (χ1) is 18.5. The molecule has 1 fully saturated rings. The first-order valence-corrected chi connectivity index (χ1v) is 13.2. The topological polar surface area (TPSA) is 82.3 Å². The van der Waals surface area contributed by atoms with Gasteiger partial charge in [0.05, 0.1) is 42.4 Å². The van der Waals surface area contributed by atoms with E-state index in [1.807, 2.05) is 43.3 Å². The highest BCUT2D eigenvalue weighted by Gasteiger charge is 2.21. The molecule has 0 unspecified atom stereocenters. The lowest BCUT2D eigenvalue weighted by Gasteiger charge is -2.31. The fourth-order valence-corrected chi connectivity index (χ4v) is 5.36. The van der Waals surface area contributed by atoms with Gasteiger partial charge in [0.15, 0.2) is 0 Å². The Morgan fingerprint density at radius 1 is 1.03 bits per heavy atom. The summed E-state index contributed by atoms with van der Waals surface area (Å²) in [5, 5.41) is 8.96. The number of hydrogen-bond donors (Lipinski definition) is 1. The summed E-state index contributed by atoms with van der Waals surface area (Å²) in [4.78, 5) is 11.8. The molecule has 0 aliphatic carbocycles. The Morgan fingerprint density at radius 3 is 2.61 bits per heavy atom. The second-order valence-electron chi connectivity index (χ2n) is 9.26. The second kappa shape index (κ2) is 10.1. The van der Waals surface area contributed by atoms with Crippen LogP contribution in [0.4, 0.5) is 17.3 Å². The number of ether oxygens (including phenoxy) is 2. The highest BCUT2D eigenvalue weighted by atomic mass is 79.9. The molecule has 1 saturated heterocycles. The van der Waals surface area contributed by atoms with Gasteiger partial charge in [-0.1, -0.05) is 18.2 Å². The number of para-hydroxylation sites is 1. The second-order valence-corrected chi connectivity index (χ2v) is 10.1. The van der Waals surface area contributed by atoms with Gasteiger partial charge in [-0.3, -0.25) is 4.68 Å². The number of benzene rings is 2. The maximum absolute atomic E-state index is 5.84. The van der Waals surface area contributed by atoms with E-state index in [1.165, 1.54) is 0 Å². The molecule has 0 radical (unpaired) electrons. The van der Waals surface area contributed by atoms with Crippen LogP contribution in [-0.4, -0.2) is 57.7 Å². The van der Waals surface area contributed by atoms with Crippen LogP contribution in [0.15, 0.2) is 65.7 Å². The van der Waals surface area contributed by atoms with Crippen molar-refractivity contribution in [1.82, 2.24) is 24.3 Å². The van der Waals surface area contributed by atoms with Crippen molar-refractivity contribution in [3.63, 3.8) is 0 Å². The van der Waals surface area contributed by atoms with Crippen molar-refractivity contribution in [3.8, 4) is 28.1 Å². The molecule has 4 heterocycles. The molecule has 38 heavy (non-hydrogen) atoms. The lowest BCUT2D eigenvalue weighted by Crippen LogP contribution is -2.36. The number of anilines is 3. The number of rotatable bonds is 6. The van der Waals surface area contributed by atoms with E-state index in [2.05, 4.69) is 71.3 Å². The first-order valence-electron chi connectivity index (χ1n) is 12.4. The fraction of sp³-hybridized carbons (Fsp3) is 0.250. The van der Waals surface area contributed by atoms with E-state index in [0.29, 0.717) is 24.9 Å². The van der Waals surface area contributed by atoms with Crippen molar-refractivity contribution < 1.29 is 9.47 Å². The van der Waals surface area contributed by atoms with Crippen LogP contribution >= 0.6 is 15.9 Å². The summed E-state index contributed by atoms with van der Waals surface area (Å²) >= 11 is 3.66. The predicted molar refractivity (Wildman–Crippen MR) is 153 cm³/mol. The average Bonchev–Trinajstić information content (AvgIpc) is 3.53. The molecule has 3 aromatic heterocycles. The van der Waals surface area contributed by atoms with Crippen LogP contribution in [-0.2, 0) is 18.8 Å². The Morgan fingerprint density at radius 2 is 1.84 bits per heavy atom. The summed E-state index contributed by atoms with van der Waals surface area (Å²) in [6.07, 6.45) is 7.78. The van der Waals surface area contributed by atoms with Crippen molar-refractivity contribution in [2.75, 3.05) is 43.6 Å². The monoisotopic (exact) mass is 573 g/mol. The van der Waals surface area contributed by atoms with Gasteiger partial charge < -0.3 is 24.3 Å². The molecule has 9 nitrogen and oxygen atoms in total. The van der Waals surface area contributed by atoms with Gasteiger partial charge >= 0.3 is 0 Å². The van der Waals surface area contributed by atoms with Crippen LogP contribution < -0.4 is 15.0 Å². The van der Waals surface area contributed by atoms with Crippen LogP contribution in [0.3, 0.4) is 0 Å². The molecule has 10 heteroatoms. The lowest BCUT2D eigenvalue weighted by atomic mass is 10.0. The average molecular weight is 574 g/mol. The van der Waals surface area contributed by atoms with Crippen molar-refractivity contribution in [2.24, 2.45) is 14.1 Å². The lowest BCUT2D eigenvalue weighted by molar-refractivity contribution is 0.122. The third kappa shape index (κ3) is 4.50.